The molecule has 0 aliphatic rings. The standard InChI is InChI=1S/C78H115NO8/c1-6-8-10-12-14-16-18-20-22-24-26-28-30-31-32-33-34-35-36-37-38-39-40-41-42-43-44-45-47-49-51-53-55-57-59-61-63-65-67-69-76(81)87-74(73-86-78(77(82)83)84-71-70-79(3,4)5)72-85-75(80)68-66-64-62-60-58-56-54-52-50-48-46-29-27-25-23-21-19-17-15-13-11-9-7-2/h8-11,14-17,20-23,26-29,31-32,34-35,37-38,40-41,43-44,47-50,53-56,59-62,74,78H,6-7,12-13,18-19,24-25,30,33,36,39,42,45-46,51-52,57-58,63-73H2,1-5H3/b10-8-,11-9-,16-14-,17-15-,22-20-,23-21-,28-26-,29-27-,32-31-,35-34-,38-37-,41-40-,44-43-,49-47-,50-48-,55-53-,56-54-,61-59-,62-60-. The minimum atomic E-state index is -1.66. The van der Waals surface area contributed by atoms with Crippen molar-refractivity contribution >= 4 is 17.9 Å². The number of quaternary nitrogens is 1. The predicted molar refractivity (Wildman–Crippen MR) is 369 cm³/mol. The van der Waals surface area contributed by atoms with E-state index in [-0.39, 0.29) is 32.7 Å². The highest BCUT2D eigenvalue weighted by Crippen LogP contribution is 2.10. The second-order valence-corrected chi connectivity index (χ2v) is 21.6. The molecule has 0 aromatic carbocycles. The first-order valence-corrected chi connectivity index (χ1v) is 32.5. The van der Waals surface area contributed by atoms with E-state index in [1.54, 1.807) is 0 Å². The van der Waals surface area contributed by atoms with Gasteiger partial charge in [0.15, 0.2) is 12.4 Å². The van der Waals surface area contributed by atoms with Crippen LogP contribution in [0.4, 0.5) is 0 Å². The highest BCUT2D eigenvalue weighted by molar-refractivity contribution is 5.70. The molecule has 0 aromatic heterocycles. The quantitative estimate of drug-likeness (QED) is 0.0195. The molecule has 2 unspecified atom stereocenters. The molecule has 0 spiro atoms. The van der Waals surface area contributed by atoms with Gasteiger partial charge in [0.1, 0.15) is 13.2 Å². The highest BCUT2D eigenvalue weighted by Gasteiger charge is 2.21. The van der Waals surface area contributed by atoms with Crippen LogP contribution in [-0.4, -0.2) is 82.3 Å². The predicted octanol–water partition coefficient (Wildman–Crippen LogP) is 19.0. The van der Waals surface area contributed by atoms with Gasteiger partial charge in [-0.05, 0) is 154 Å². The molecule has 0 N–H and O–H groups in total. The number of carbonyl (C=O) groups is 3. The lowest BCUT2D eigenvalue weighted by molar-refractivity contribution is -0.870. The number of carbonyl (C=O) groups excluding carboxylic acids is 3. The summed E-state index contributed by atoms with van der Waals surface area (Å²) in [5.74, 6) is -2.46. The van der Waals surface area contributed by atoms with Gasteiger partial charge in [-0.15, -0.1) is 0 Å². The number of carboxylic acid groups (broad SMARTS) is 1. The number of aliphatic carboxylic acids is 1. The first-order valence-electron chi connectivity index (χ1n) is 32.5. The Morgan fingerprint density at radius 2 is 0.621 bits per heavy atom. The number of esters is 2. The smallest absolute Gasteiger partial charge is 0.306 e. The third-order valence-electron chi connectivity index (χ3n) is 12.4. The largest absolute Gasteiger partial charge is 0.545 e. The average molecular weight is 1190 g/mol. The van der Waals surface area contributed by atoms with E-state index in [0.29, 0.717) is 30.3 Å². The van der Waals surface area contributed by atoms with Crippen LogP contribution >= 0.6 is 0 Å². The molecule has 0 aromatic rings. The molecule has 0 aliphatic heterocycles. The summed E-state index contributed by atoms with van der Waals surface area (Å²) in [7, 11) is 5.87. The van der Waals surface area contributed by atoms with E-state index in [4.69, 9.17) is 18.9 Å². The molecule has 0 radical (unpaired) electrons. The number of likely N-dealkylation sites (N-methyl/N-ethyl adjacent to an activating group) is 1. The van der Waals surface area contributed by atoms with Gasteiger partial charge in [0, 0.05) is 12.8 Å². The van der Waals surface area contributed by atoms with Crippen LogP contribution in [0.15, 0.2) is 231 Å². The summed E-state index contributed by atoms with van der Waals surface area (Å²) in [4.78, 5) is 37.3. The average Bonchev–Trinajstić information content (AvgIpc) is 3.55. The maximum atomic E-state index is 12.9. The van der Waals surface area contributed by atoms with E-state index >= 15 is 0 Å². The van der Waals surface area contributed by atoms with E-state index in [0.717, 1.165) is 135 Å². The van der Waals surface area contributed by atoms with Crippen molar-refractivity contribution in [2.45, 2.75) is 193 Å². The summed E-state index contributed by atoms with van der Waals surface area (Å²) >= 11 is 0. The summed E-state index contributed by atoms with van der Waals surface area (Å²) in [6.07, 6.45) is 103. The molecule has 2 atom stereocenters. The first-order chi connectivity index (χ1) is 42.6. The minimum Gasteiger partial charge on any atom is -0.545 e. The number of hydrogen-bond acceptors (Lipinski definition) is 8. The lowest BCUT2D eigenvalue weighted by Crippen LogP contribution is -2.44. The fourth-order valence-electron chi connectivity index (χ4n) is 7.50. The van der Waals surface area contributed by atoms with Crippen LogP contribution in [0.1, 0.15) is 181 Å². The Kier molecular flexibility index (Phi) is 60.3. The molecule has 0 bridgehead atoms. The molecule has 0 saturated heterocycles. The van der Waals surface area contributed by atoms with Crippen LogP contribution < -0.4 is 5.11 Å². The molecule has 0 heterocycles. The molecule has 0 aliphatic carbocycles. The zero-order valence-electron chi connectivity index (χ0n) is 54.5. The molecule has 9 heteroatoms. The summed E-state index contributed by atoms with van der Waals surface area (Å²) in [5, 5.41) is 11.8. The monoisotopic (exact) mass is 1190 g/mol. The number of carboxylic acids is 1. The molecule has 9 nitrogen and oxygen atoms in total. The zero-order valence-corrected chi connectivity index (χ0v) is 54.5. The van der Waals surface area contributed by atoms with E-state index in [1.807, 2.05) is 21.1 Å². The Morgan fingerprint density at radius 3 is 0.908 bits per heavy atom. The lowest BCUT2D eigenvalue weighted by atomic mass is 10.2. The van der Waals surface area contributed by atoms with Gasteiger partial charge in [0.2, 0.25) is 0 Å². The number of unbranched alkanes of at least 4 members (excludes halogenated alkanes) is 3. The fraction of sp³-hybridized carbons (Fsp3) is 0.474. The van der Waals surface area contributed by atoms with Crippen molar-refractivity contribution in [3.8, 4) is 0 Å². The third kappa shape index (κ3) is 66.7. The van der Waals surface area contributed by atoms with Crippen LogP contribution in [0, 0.1) is 0 Å². The van der Waals surface area contributed by atoms with E-state index in [2.05, 4.69) is 245 Å². The second-order valence-electron chi connectivity index (χ2n) is 21.6. The molecule has 0 fully saturated rings. The van der Waals surface area contributed by atoms with Gasteiger partial charge in [0.05, 0.1) is 40.3 Å². The summed E-state index contributed by atoms with van der Waals surface area (Å²) in [5.41, 5.74) is 0. The number of ether oxygens (including phenoxy) is 4. The topological polar surface area (TPSA) is 111 Å². The van der Waals surface area contributed by atoms with Crippen molar-refractivity contribution in [1.29, 1.82) is 0 Å². The molecule has 0 rings (SSSR count). The van der Waals surface area contributed by atoms with Crippen molar-refractivity contribution < 1.29 is 42.9 Å². The normalized spacial score (nSPS) is 14.3. The van der Waals surface area contributed by atoms with Crippen LogP contribution in [0.5, 0.6) is 0 Å². The van der Waals surface area contributed by atoms with Gasteiger partial charge in [-0.3, -0.25) is 9.59 Å². The Morgan fingerprint density at radius 1 is 0.345 bits per heavy atom. The fourth-order valence-corrected chi connectivity index (χ4v) is 7.50. The Labute approximate surface area is 529 Å². The Balaban J connectivity index is 4.41. The Bertz CT molecular complexity index is 2270. The van der Waals surface area contributed by atoms with E-state index < -0.39 is 30.3 Å². The molecular weight excluding hydrogens is 1080 g/mol. The maximum Gasteiger partial charge on any atom is 0.306 e. The number of rotatable bonds is 56. The van der Waals surface area contributed by atoms with Gasteiger partial charge in [-0.2, -0.15) is 0 Å². The van der Waals surface area contributed by atoms with Crippen LogP contribution in [0.3, 0.4) is 0 Å². The van der Waals surface area contributed by atoms with Gasteiger partial charge in [0.25, 0.3) is 0 Å². The molecule has 87 heavy (non-hydrogen) atoms. The Hall–Kier alpha value is -6.65. The molecule has 480 valence electrons. The van der Waals surface area contributed by atoms with Gasteiger partial charge >= 0.3 is 11.9 Å². The summed E-state index contributed by atoms with van der Waals surface area (Å²) in [6, 6.07) is 0. The summed E-state index contributed by atoms with van der Waals surface area (Å²) in [6.45, 7) is 4.35. The number of hydrogen-bond donors (Lipinski definition) is 0. The molecular formula is C78H115NO8. The van der Waals surface area contributed by atoms with Crippen molar-refractivity contribution in [2.24, 2.45) is 0 Å². The summed E-state index contributed by atoms with van der Waals surface area (Å²) < 4.78 is 22.6. The van der Waals surface area contributed by atoms with Gasteiger partial charge in [-0.25, -0.2) is 0 Å². The highest BCUT2D eigenvalue weighted by atomic mass is 16.7. The van der Waals surface area contributed by atoms with E-state index in [9.17, 15) is 19.5 Å². The molecule has 0 saturated carbocycles. The minimum absolute atomic E-state index is 0.115. The lowest BCUT2D eigenvalue weighted by Gasteiger charge is -2.26. The van der Waals surface area contributed by atoms with E-state index in [1.165, 1.54) is 0 Å². The van der Waals surface area contributed by atoms with Gasteiger partial charge in [-0.1, -0.05) is 245 Å². The third-order valence-corrected chi connectivity index (χ3v) is 12.4. The van der Waals surface area contributed by atoms with Gasteiger partial charge < -0.3 is 33.3 Å². The molecule has 0 amide bonds. The van der Waals surface area contributed by atoms with Crippen molar-refractivity contribution in [1.82, 2.24) is 0 Å². The second kappa shape index (κ2) is 65.3. The van der Waals surface area contributed by atoms with Crippen molar-refractivity contribution in [3.05, 3.63) is 231 Å². The number of allylic oxidation sites excluding steroid dienone is 38. The maximum absolute atomic E-state index is 12.9. The zero-order chi connectivity index (χ0) is 63.3. The van der Waals surface area contributed by atoms with Crippen LogP contribution in [-0.2, 0) is 33.3 Å². The van der Waals surface area contributed by atoms with Crippen LogP contribution in [0.2, 0.25) is 0 Å². The van der Waals surface area contributed by atoms with Crippen molar-refractivity contribution in [3.63, 3.8) is 0 Å². The van der Waals surface area contributed by atoms with Crippen molar-refractivity contribution in [2.75, 3.05) is 47.5 Å². The number of nitrogens with zero attached hydrogens (tertiary/aromatic N) is 1. The first kappa shape index (κ1) is 80.3. The van der Waals surface area contributed by atoms with Crippen LogP contribution in [0.25, 0.3) is 0 Å². The SMILES string of the molecule is CC/C=C\C/C=C\C/C=C\C/C=C\C/C=C\C/C=C\C/C=C\C/C=C\C/C=C\C/C=C\C/C=C\C/C=C\CCCCC(=O)OC(COC(=O)CCC/C=C\C/C=C\C/C=C\C/C=C\C/C=C\C/C=C\C/C=C\CC)COC(OCC[N+](C)(C)C)C(=O)[O-].